The van der Waals surface area contributed by atoms with Crippen LogP contribution in [0.5, 0.6) is 0 Å². The second kappa shape index (κ2) is 2.67. The molecule has 2 N–H and O–H groups in total. The van der Waals surface area contributed by atoms with Gasteiger partial charge in [-0.25, -0.2) is 4.98 Å². The van der Waals surface area contributed by atoms with E-state index in [2.05, 4.69) is 35.6 Å². The molecule has 0 fully saturated rings. The molecule has 0 aliphatic heterocycles. The Morgan fingerprint density at radius 2 is 2.00 bits per heavy atom. The van der Waals surface area contributed by atoms with Gasteiger partial charge in [0.2, 0.25) is 5.95 Å². The van der Waals surface area contributed by atoms with E-state index in [1.165, 1.54) is 21.9 Å². The van der Waals surface area contributed by atoms with Gasteiger partial charge in [0.15, 0.2) is 0 Å². The van der Waals surface area contributed by atoms with E-state index < -0.39 is 0 Å². The predicted molar refractivity (Wildman–Crippen MR) is 45.7 cm³/mol. The molecule has 3 aromatic rings. The highest BCUT2D eigenvalue weighted by molar-refractivity contribution is 5.32. The summed E-state index contributed by atoms with van der Waals surface area (Å²) in [7, 11) is 0. The fraction of sp³-hybridized carbons (Fsp3) is 0. The van der Waals surface area contributed by atoms with E-state index in [-0.39, 0.29) is 17.7 Å². The van der Waals surface area contributed by atoms with Crippen LogP contribution < -0.4 is 5.73 Å². The van der Waals surface area contributed by atoms with Gasteiger partial charge in [0.1, 0.15) is 12.7 Å². The van der Waals surface area contributed by atoms with Crippen molar-refractivity contribution in [2.75, 3.05) is 5.73 Å². The Morgan fingerprint density at radius 3 is 2.80 bits per heavy atom. The molecule has 0 radical (unpaired) electrons. The first kappa shape index (κ1) is 7.73. The molecule has 74 valence electrons. The normalized spacial score (nSPS) is 10.9. The first-order valence-electron chi connectivity index (χ1n) is 3.91. The van der Waals surface area contributed by atoms with E-state index in [0.29, 0.717) is 0 Å². The highest BCUT2D eigenvalue weighted by Gasteiger charge is 2.08. The Kier molecular flexibility index (Phi) is 1.37. The van der Waals surface area contributed by atoms with Crippen LogP contribution >= 0.6 is 0 Å². The first-order chi connectivity index (χ1) is 7.34. The summed E-state index contributed by atoms with van der Waals surface area (Å²) in [6.45, 7) is 0. The lowest BCUT2D eigenvalue weighted by molar-refractivity contribution is 0.717. The number of hydrogen-bond donors (Lipinski definition) is 1. The molecule has 0 saturated carbocycles. The molecule has 3 heterocycles. The van der Waals surface area contributed by atoms with Gasteiger partial charge in [-0.15, -0.1) is 25.5 Å². The highest BCUT2D eigenvalue weighted by Crippen LogP contribution is 2.00. The number of fused-ring (bicyclic) bond motifs is 1. The largest absolute Gasteiger partial charge is 0.366 e. The number of nitrogen functional groups attached to an aromatic ring is 1. The molecule has 3 aromatic heterocycles. The summed E-state index contributed by atoms with van der Waals surface area (Å²) in [5, 5.41) is 22.7. The molecule has 0 bridgehead atoms. The molecule has 0 atom stereocenters. The van der Waals surface area contributed by atoms with Gasteiger partial charge >= 0.3 is 0 Å². The van der Waals surface area contributed by atoms with Gasteiger partial charge in [0, 0.05) is 0 Å². The van der Waals surface area contributed by atoms with Crippen LogP contribution in [0.15, 0.2) is 12.7 Å². The second-order valence-corrected chi connectivity index (χ2v) is 2.61. The smallest absolute Gasteiger partial charge is 0.292 e. The first-order valence-corrected chi connectivity index (χ1v) is 3.91. The summed E-state index contributed by atoms with van der Waals surface area (Å²) >= 11 is 0. The topological polar surface area (TPSA) is 126 Å². The van der Waals surface area contributed by atoms with Crippen LogP contribution in [0.3, 0.4) is 0 Å². The average Bonchev–Trinajstić information content (AvgIpc) is 2.88. The zero-order valence-electron chi connectivity index (χ0n) is 7.26. The maximum atomic E-state index is 5.51. The predicted octanol–water partition coefficient (Wildman–Crippen LogP) is -1.92. The monoisotopic (exact) mass is 204 g/mol. The Hall–Kier alpha value is -2.65. The van der Waals surface area contributed by atoms with Crippen molar-refractivity contribution in [1.82, 2.24) is 44.8 Å². The quantitative estimate of drug-likeness (QED) is 0.486. The van der Waals surface area contributed by atoms with Gasteiger partial charge in [-0.1, -0.05) is 0 Å². The molecule has 0 aliphatic rings. The number of hydrogen-bond acceptors (Lipinski definition) is 8. The van der Waals surface area contributed by atoms with E-state index in [0.717, 1.165) is 0 Å². The zero-order valence-corrected chi connectivity index (χ0v) is 7.26. The van der Waals surface area contributed by atoms with Crippen molar-refractivity contribution in [3.63, 3.8) is 0 Å². The van der Waals surface area contributed by atoms with Crippen LogP contribution in [0.25, 0.3) is 11.7 Å². The minimum Gasteiger partial charge on any atom is -0.366 e. The van der Waals surface area contributed by atoms with E-state index in [1.807, 2.05) is 0 Å². The number of anilines is 1. The van der Waals surface area contributed by atoms with Gasteiger partial charge < -0.3 is 5.73 Å². The fourth-order valence-electron chi connectivity index (χ4n) is 1.04. The molecule has 0 unspecified atom stereocenters. The van der Waals surface area contributed by atoms with Crippen LogP contribution in [-0.2, 0) is 0 Å². The summed E-state index contributed by atoms with van der Waals surface area (Å²) in [5.41, 5.74) is 5.51. The third-order valence-electron chi connectivity index (χ3n) is 1.69. The third kappa shape index (κ3) is 1.08. The molecule has 15 heavy (non-hydrogen) atoms. The Morgan fingerprint density at radius 1 is 1.13 bits per heavy atom. The van der Waals surface area contributed by atoms with Crippen molar-refractivity contribution in [3.8, 4) is 5.95 Å². The zero-order chi connectivity index (χ0) is 10.3. The van der Waals surface area contributed by atoms with Crippen molar-refractivity contribution >= 4 is 11.7 Å². The van der Waals surface area contributed by atoms with Gasteiger partial charge in [-0.3, -0.25) is 0 Å². The van der Waals surface area contributed by atoms with Crippen LogP contribution in [-0.4, -0.2) is 44.8 Å². The maximum Gasteiger partial charge on any atom is 0.292 e. The molecule has 0 aliphatic carbocycles. The number of rotatable bonds is 1. The summed E-state index contributed by atoms with van der Waals surface area (Å²) in [6, 6.07) is 0. The van der Waals surface area contributed by atoms with Crippen molar-refractivity contribution in [2.45, 2.75) is 0 Å². The van der Waals surface area contributed by atoms with E-state index in [9.17, 15) is 0 Å². The van der Waals surface area contributed by atoms with Crippen LogP contribution in [0.4, 0.5) is 5.95 Å². The molecule has 0 aromatic carbocycles. The SMILES string of the molecule is Nc1nnc2nnc(-n3cncn3)nn12. The summed E-state index contributed by atoms with van der Waals surface area (Å²) in [4.78, 5) is 3.76. The van der Waals surface area contributed by atoms with Crippen molar-refractivity contribution in [2.24, 2.45) is 0 Å². The maximum absolute atomic E-state index is 5.51. The van der Waals surface area contributed by atoms with Crippen molar-refractivity contribution < 1.29 is 0 Å². The molecule has 0 spiro atoms. The molecule has 10 heteroatoms. The molecule has 0 amide bonds. The Bertz CT molecular complexity index is 593. The number of aromatic nitrogens is 9. The van der Waals surface area contributed by atoms with Gasteiger partial charge in [0.05, 0.1) is 0 Å². The van der Waals surface area contributed by atoms with Crippen molar-refractivity contribution in [3.05, 3.63) is 12.7 Å². The van der Waals surface area contributed by atoms with Crippen LogP contribution in [0.1, 0.15) is 0 Å². The fourth-order valence-corrected chi connectivity index (χ4v) is 1.04. The summed E-state index contributed by atoms with van der Waals surface area (Å²) in [5.74, 6) is 0.615. The van der Waals surface area contributed by atoms with Gasteiger partial charge in [-0.05, 0) is 0 Å². The van der Waals surface area contributed by atoms with Gasteiger partial charge in [-0.2, -0.15) is 14.3 Å². The van der Waals surface area contributed by atoms with Gasteiger partial charge in [0.25, 0.3) is 11.7 Å². The lowest BCUT2D eigenvalue weighted by Crippen LogP contribution is -2.09. The Balaban J connectivity index is 2.25. The van der Waals surface area contributed by atoms with Crippen LogP contribution in [0.2, 0.25) is 0 Å². The van der Waals surface area contributed by atoms with E-state index in [4.69, 9.17) is 5.73 Å². The second-order valence-electron chi connectivity index (χ2n) is 2.61. The molecular weight excluding hydrogens is 200 g/mol. The third-order valence-corrected chi connectivity index (χ3v) is 1.69. The lowest BCUT2D eigenvalue weighted by Gasteiger charge is -1.96. The molecule has 0 saturated heterocycles. The number of nitrogens with two attached hydrogens (primary N) is 1. The molecular formula is C5H4N10. The minimum atomic E-state index is 0.140. The highest BCUT2D eigenvalue weighted by atomic mass is 15.5. The minimum absolute atomic E-state index is 0.140. The standard InChI is InChI=1S/C5H4N10/c6-3-9-10-4-11-12-5(13-15(3)4)14-2-7-1-8-14/h1-2H,(H2,6,9). The Labute approximate surface area is 81.8 Å². The molecule has 10 nitrogen and oxygen atoms in total. The molecule has 3 rings (SSSR count). The van der Waals surface area contributed by atoms with Crippen LogP contribution in [0, 0.1) is 0 Å². The number of nitrogens with zero attached hydrogens (tertiary/aromatic N) is 9. The van der Waals surface area contributed by atoms with E-state index >= 15 is 0 Å². The lowest BCUT2D eigenvalue weighted by atomic mass is 10.9. The van der Waals surface area contributed by atoms with E-state index in [1.54, 1.807) is 0 Å². The van der Waals surface area contributed by atoms with Crippen molar-refractivity contribution in [1.29, 1.82) is 0 Å². The average molecular weight is 204 g/mol. The summed E-state index contributed by atoms with van der Waals surface area (Å²) in [6.07, 6.45) is 2.81. The summed E-state index contributed by atoms with van der Waals surface area (Å²) < 4.78 is 2.62.